The van der Waals surface area contributed by atoms with E-state index in [2.05, 4.69) is 4.98 Å². The van der Waals surface area contributed by atoms with E-state index in [1.807, 2.05) is 17.0 Å². The number of benzene rings is 1. The topological polar surface area (TPSA) is 45.7 Å². The molecule has 1 aromatic carbocycles. The van der Waals surface area contributed by atoms with Crippen molar-refractivity contribution in [2.45, 2.75) is 12.8 Å². The Hall–Kier alpha value is -2.61. The Morgan fingerprint density at radius 3 is 2.26 bits per heavy atom. The summed E-state index contributed by atoms with van der Waals surface area (Å²) in [4.78, 5) is 20.1. The Labute approximate surface area is 155 Å². The molecule has 0 radical (unpaired) electrons. The van der Waals surface area contributed by atoms with Gasteiger partial charge in [-0.05, 0) is 29.8 Å². The monoisotopic (exact) mass is 379 g/mol. The number of methoxy groups -OCH3 is 1. The van der Waals surface area contributed by atoms with Crippen LogP contribution >= 0.6 is 0 Å². The molecule has 0 aliphatic carbocycles. The normalized spacial score (nSPS) is 15.1. The third kappa shape index (κ3) is 4.57. The predicted octanol–water partition coefficient (Wildman–Crippen LogP) is 3.21. The summed E-state index contributed by atoms with van der Waals surface area (Å²) in [6.45, 7) is 2.51. The van der Waals surface area contributed by atoms with E-state index in [1.165, 1.54) is 6.07 Å². The van der Waals surface area contributed by atoms with Crippen LogP contribution in [0.4, 0.5) is 19.0 Å². The zero-order chi connectivity index (χ0) is 19.4. The molecule has 0 bridgehead atoms. The van der Waals surface area contributed by atoms with Gasteiger partial charge in [0.05, 0.1) is 12.2 Å². The molecular weight excluding hydrogens is 359 g/mol. The van der Waals surface area contributed by atoms with E-state index in [1.54, 1.807) is 24.1 Å². The lowest BCUT2D eigenvalue weighted by Gasteiger charge is -2.35. The average Bonchev–Trinajstić information content (AvgIpc) is 2.68. The van der Waals surface area contributed by atoms with Crippen LogP contribution in [0.3, 0.4) is 0 Å². The number of nitrogens with zero attached hydrogens (tertiary/aromatic N) is 3. The molecule has 0 saturated carbocycles. The summed E-state index contributed by atoms with van der Waals surface area (Å²) in [6.07, 6.45) is -3.55. The molecule has 1 aliphatic heterocycles. The van der Waals surface area contributed by atoms with Gasteiger partial charge in [-0.3, -0.25) is 4.79 Å². The van der Waals surface area contributed by atoms with Gasteiger partial charge >= 0.3 is 6.18 Å². The Bertz CT molecular complexity index is 768. The van der Waals surface area contributed by atoms with E-state index in [9.17, 15) is 18.0 Å². The Morgan fingerprint density at radius 2 is 1.74 bits per heavy atom. The summed E-state index contributed by atoms with van der Waals surface area (Å²) >= 11 is 0. The molecule has 0 atom stereocenters. The molecule has 1 aliphatic rings. The number of piperazine rings is 1. The highest BCUT2D eigenvalue weighted by Gasteiger charge is 2.31. The van der Waals surface area contributed by atoms with Crippen molar-refractivity contribution < 1.29 is 22.7 Å². The van der Waals surface area contributed by atoms with Crippen molar-refractivity contribution in [2.24, 2.45) is 0 Å². The quantitative estimate of drug-likeness (QED) is 0.819. The second-order valence-corrected chi connectivity index (χ2v) is 6.31. The second kappa shape index (κ2) is 7.96. The number of carbonyl (C=O) groups is 1. The van der Waals surface area contributed by atoms with E-state index in [0.29, 0.717) is 44.2 Å². The molecule has 1 fully saturated rings. The minimum Gasteiger partial charge on any atom is -0.380 e. The summed E-state index contributed by atoms with van der Waals surface area (Å²) in [5.41, 5.74) is 0.834. The standard InChI is InChI=1S/C19H20F3N3O2/c1-27-13-14-2-4-15(5-3-14)18(26)25-10-8-24(9-11-25)17-7-6-16(12-23-17)19(20,21)22/h2-7,12H,8-11,13H2,1H3. The molecule has 8 heteroatoms. The molecule has 1 aromatic heterocycles. The first-order valence-corrected chi connectivity index (χ1v) is 8.54. The van der Waals surface area contributed by atoms with Gasteiger partial charge in [-0.1, -0.05) is 12.1 Å². The van der Waals surface area contributed by atoms with Crippen LogP contribution in [0.1, 0.15) is 21.5 Å². The van der Waals surface area contributed by atoms with Crippen molar-refractivity contribution >= 4 is 11.7 Å². The molecule has 1 saturated heterocycles. The Balaban J connectivity index is 1.59. The number of hydrogen-bond acceptors (Lipinski definition) is 4. The highest BCUT2D eigenvalue weighted by atomic mass is 19.4. The number of hydrogen-bond donors (Lipinski definition) is 0. The lowest BCUT2D eigenvalue weighted by atomic mass is 10.1. The molecule has 0 N–H and O–H groups in total. The number of amides is 1. The van der Waals surface area contributed by atoms with Crippen LogP contribution in [0.25, 0.3) is 0 Å². The van der Waals surface area contributed by atoms with Crippen LogP contribution in [0.2, 0.25) is 0 Å². The first-order valence-electron chi connectivity index (χ1n) is 8.54. The SMILES string of the molecule is COCc1ccc(C(=O)N2CCN(c3ccc(C(F)(F)F)cn3)CC2)cc1. The predicted molar refractivity (Wildman–Crippen MR) is 94.5 cm³/mol. The second-order valence-electron chi connectivity index (χ2n) is 6.31. The van der Waals surface area contributed by atoms with Crippen molar-refractivity contribution in [1.29, 1.82) is 0 Å². The Morgan fingerprint density at radius 1 is 1.07 bits per heavy atom. The third-order valence-electron chi connectivity index (χ3n) is 4.48. The summed E-state index contributed by atoms with van der Waals surface area (Å²) in [6, 6.07) is 9.68. The summed E-state index contributed by atoms with van der Waals surface area (Å²) in [5.74, 6) is 0.429. The van der Waals surface area contributed by atoms with E-state index < -0.39 is 11.7 Å². The minimum atomic E-state index is -4.39. The van der Waals surface area contributed by atoms with Crippen LogP contribution in [0.15, 0.2) is 42.6 Å². The maximum Gasteiger partial charge on any atom is 0.417 e. The van der Waals surface area contributed by atoms with Crippen LogP contribution in [0.5, 0.6) is 0 Å². The van der Waals surface area contributed by atoms with Gasteiger partial charge in [0.1, 0.15) is 5.82 Å². The molecule has 1 amide bonds. The fraction of sp³-hybridized carbons (Fsp3) is 0.368. The average molecular weight is 379 g/mol. The first kappa shape index (κ1) is 19.2. The molecule has 2 heterocycles. The van der Waals surface area contributed by atoms with Crippen LogP contribution in [-0.4, -0.2) is 49.1 Å². The van der Waals surface area contributed by atoms with Gasteiger partial charge in [0.15, 0.2) is 0 Å². The van der Waals surface area contributed by atoms with E-state index in [0.717, 1.165) is 17.8 Å². The smallest absolute Gasteiger partial charge is 0.380 e. The largest absolute Gasteiger partial charge is 0.417 e. The van der Waals surface area contributed by atoms with Crippen LogP contribution < -0.4 is 4.90 Å². The van der Waals surface area contributed by atoms with Crippen molar-refractivity contribution in [3.63, 3.8) is 0 Å². The van der Waals surface area contributed by atoms with Gasteiger partial charge in [-0.15, -0.1) is 0 Å². The number of aromatic nitrogens is 1. The number of pyridine rings is 1. The molecule has 0 spiro atoms. The fourth-order valence-corrected chi connectivity index (χ4v) is 2.97. The van der Waals surface area contributed by atoms with Crippen molar-refractivity contribution in [3.8, 4) is 0 Å². The lowest BCUT2D eigenvalue weighted by Crippen LogP contribution is -2.49. The van der Waals surface area contributed by atoms with Gasteiger partial charge in [-0.2, -0.15) is 13.2 Å². The number of anilines is 1. The summed E-state index contributed by atoms with van der Waals surface area (Å²) in [5, 5.41) is 0. The van der Waals surface area contributed by atoms with Gasteiger partial charge in [0.2, 0.25) is 0 Å². The van der Waals surface area contributed by atoms with Crippen molar-refractivity contribution in [1.82, 2.24) is 9.88 Å². The summed E-state index contributed by atoms with van der Waals surface area (Å²) < 4.78 is 42.9. The highest BCUT2D eigenvalue weighted by molar-refractivity contribution is 5.94. The number of halogens is 3. The maximum absolute atomic E-state index is 12.6. The van der Waals surface area contributed by atoms with Gasteiger partial charge in [-0.25, -0.2) is 4.98 Å². The number of ether oxygens (including phenoxy) is 1. The molecule has 144 valence electrons. The molecular formula is C19H20F3N3O2. The van der Waals surface area contributed by atoms with Gasteiger partial charge < -0.3 is 14.5 Å². The third-order valence-corrected chi connectivity index (χ3v) is 4.48. The van der Waals surface area contributed by atoms with Crippen LogP contribution in [0, 0.1) is 0 Å². The van der Waals surface area contributed by atoms with E-state index in [4.69, 9.17) is 4.74 Å². The van der Waals surface area contributed by atoms with E-state index >= 15 is 0 Å². The molecule has 27 heavy (non-hydrogen) atoms. The molecule has 5 nitrogen and oxygen atoms in total. The van der Waals surface area contributed by atoms with E-state index in [-0.39, 0.29) is 5.91 Å². The Kier molecular flexibility index (Phi) is 5.65. The zero-order valence-electron chi connectivity index (χ0n) is 14.9. The van der Waals surface area contributed by atoms with Crippen LogP contribution in [-0.2, 0) is 17.5 Å². The van der Waals surface area contributed by atoms with Gasteiger partial charge in [0.25, 0.3) is 5.91 Å². The van der Waals surface area contributed by atoms with Crippen molar-refractivity contribution in [3.05, 3.63) is 59.3 Å². The molecule has 3 rings (SSSR count). The lowest BCUT2D eigenvalue weighted by molar-refractivity contribution is -0.137. The number of alkyl halides is 3. The molecule has 0 unspecified atom stereocenters. The first-order chi connectivity index (χ1) is 12.9. The zero-order valence-corrected chi connectivity index (χ0v) is 14.9. The number of carbonyl (C=O) groups excluding carboxylic acids is 1. The highest BCUT2D eigenvalue weighted by Crippen LogP contribution is 2.29. The summed E-state index contributed by atoms with van der Waals surface area (Å²) in [7, 11) is 1.62. The minimum absolute atomic E-state index is 0.0565. The van der Waals surface area contributed by atoms with Crippen molar-refractivity contribution in [2.75, 3.05) is 38.2 Å². The fourth-order valence-electron chi connectivity index (χ4n) is 2.97. The maximum atomic E-state index is 12.6. The molecule has 2 aromatic rings. The number of rotatable bonds is 4. The van der Waals surface area contributed by atoms with Gasteiger partial charge in [0, 0.05) is 45.0 Å².